The molecule has 3 heteroatoms. The van der Waals surface area contributed by atoms with Gasteiger partial charge in [-0.2, -0.15) is 0 Å². The number of benzene rings is 2. The average molecular weight is 307 g/mol. The normalized spacial score (nSPS) is 19.4. The summed E-state index contributed by atoms with van der Waals surface area (Å²) in [5, 5.41) is 3.43. The van der Waals surface area contributed by atoms with Crippen molar-refractivity contribution in [2.45, 2.75) is 26.3 Å². The van der Waals surface area contributed by atoms with Gasteiger partial charge in [-0.3, -0.25) is 4.90 Å². The van der Waals surface area contributed by atoms with Gasteiger partial charge in [-0.15, -0.1) is 0 Å². The van der Waals surface area contributed by atoms with Gasteiger partial charge >= 0.3 is 5.63 Å². The van der Waals surface area contributed by atoms with Gasteiger partial charge in [0.2, 0.25) is 0 Å². The quantitative estimate of drug-likeness (QED) is 0.526. The molecule has 0 spiro atoms. The number of piperidine rings is 1. The first kappa shape index (κ1) is 14.5. The van der Waals surface area contributed by atoms with Crippen molar-refractivity contribution >= 4 is 21.7 Å². The van der Waals surface area contributed by atoms with E-state index >= 15 is 0 Å². The molecule has 118 valence electrons. The lowest BCUT2D eigenvalue weighted by atomic mass is 9.98. The average Bonchev–Trinajstić information content (AvgIpc) is 2.54. The van der Waals surface area contributed by atoms with Gasteiger partial charge in [-0.25, -0.2) is 4.79 Å². The van der Waals surface area contributed by atoms with E-state index in [2.05, 4.69) is 24.0 Å². The molecule has 3 nitrogen and oxygen atoms in total. The molecule has 0 unspecified atom stereocenters. The topological polar surface area (TPSA) is 33.5 Å². The first-order valence-corrected chi connectivity index (χ1v) is 8.37. The van der Waals surface area contributed by atoms with Gasteiger partial charge in [-0.1, -0.05) is 37.3 Å². The van der Waals surface area contributed by atoms with E-state index in [0.717, 1.165) is 41.9 Å². The van der Waals surface area contributed by atoms with Gasteiger partial charge in [0, 0.05) is 24.5 Å². The smallest absolute Gasteiger partial charge is 0.336 e. The number of hydrogen-bond donors (Lipinski definition) is 0. The lowest BCUT2D eigenvalue weighted by Crippen LogP contribution is -2.34. The van der Waals surface area contributed by atoms with Crippen LogP contribution in [0.4, 0.5) is 0 Å². The van der Waals surface area contributed by atoms with E-state index in [0.29, 0.717) is 5.58 Å². The van der Waals surface area contributed by atoms with Crippen LogP contribution in [0.3, 0.4) is 0 Å². The van der Waals surface area contributed by atoms with Crippen molar-refractivity contribution in [2.24, 2.45) is 5.92 Å². The Morgan fingerprint density at radius 1 is 1.22 bits per heavy atom. The van der Waals surface area contributed by atoms with Crippen LogP contribution in [0.15, 0.2) is 51.7 Å². The fourth-order valence-corrected chi connectivity index (χ4v) is 3.82. The summed E-state index contributed by atoms with van der Waals surface area (Å²) >= 11 is 0. The van der Waals surface area contributed by atoms with Crippen molar-refractivity contribution in [3.63, 3.8) is 0 Å². The van der Waals surface area contributed by atoms with E-state index in [4.69, 9.17) is 4.42 Å². The monoisotopic (exact) mass is 307 g/mol. The Hall–Kier alpha value is -2.13. The number of nitrogens with zero attached hydrogens (tertiary/aromatic N) is 1. The molecule has 23 heavy (non-hydrogen) atoms. The fraction of sp³-hybridized carbons (Fsp3) is 0.350. The molecule has 1 saturated heterocycles. The number of fused-ring (bicyclic) bond motifs is 3. The van der Waals surface area contributed by atoms with E-state index in [1.165, 1.54) is 18.2 Å². The second-order valence-corrected chi connectivity index (χ2v) is 6.73. The Labute approximate surface area is 135 Å². The minimum absolute atomic E-state index is 0.257. The predicted octanol–water partition coefficient (Wildman–Crippen LogP) is 4.18. The summed E-state index contributed by atoms with van der Waals surface area (Å²) in [5.41, 5.74) is 1.52. The van der Waals surface area contributed by atoms with Gasteiger partial charge in [0.1, 0.15) is 5.58 Å². The van der Waals surface area contributed by atoms with Crippen LogP contribution < -0.4 is 5.63 Å². The van der Waals surface area contributed by atoms with Crippen molar-refractivity contribution in [3.8, 4) is 0 Å². The van der Waals surface area contributed by atoms with Crippen molar-refractivity contribution < 1.29 is 4.42 Å². The molecular weight excluding hydrogens is 286 g/mol. The van der Waals surface area contributed by atoms with Gasteiger partial charge in [-0.05, 0) is 47.7 Å². The maximum atomic E-state index is 12.0. The molecular formula is C20H21NO2. The fourth-order valence-electron chi connectivity index (χ4n) is 3.82. The standard InChI is InChI=1S/C20H21NO2/c1-14-5-4-10-21(12-14)13-16-11-19(22)23-18-9-8-15-6-2-3-7-17(15)20(16)18/h2-3,6-9,11,14H,4-5,10,12-13H2,1H3/t14-/m1/s1. The lowest BCUT2D eigenvalue weighted by molar-refractivity contribution is 0.177. The summed E-state index contributed by atoms with van der Waals surface area (Å²) in [6, 6.07) is 13.9. The molecule has 0 radical (unpaired) electrons. The molecule has 0 N–H and O–H groups in total. The van der Waals surface area contributed by atoms with Crippen molar-refractivity contribution in [3.05, 3.63) is 58.4 Å². The largest absolute Gasteiger partial charge is 0.423 e. The van der Waals surface area contributed by atoms with Crippen LogP contribution in [0.2, 0.25) is 0 Å². The number of rotatable bonds is 2. The highest BCUT2D eigenvalue weighted by molar-refractivity contribution is 6.07. The van der Waals surface area contributed by atoms with E-state index in [1.807, 2.05) is 24.3 Å². The molecule has 1 atom stereocenters. The summed E-state index contributed by atoms with van der Waals surface area (Å²) in [7, 11) is 0. The van der Waals surface area contributed by atoms with Crippen LogP contribution in [0.1, 0.15) is 25.3 Å². The van der Waals surface area contributed by atoms with Gasteiger partial charge in [0.05, 0.1) is 0 Å². The predicted molar refractivity (Wildman–Crippen MR) is 93.7 cm³/mol. The van der Waals surface area contributed by atoms with Crippen molar-refractivity contribution in [2.75, 3.05) is 13.1 Å². The van der Waals surface area contributed by atoms with Crippen molar-refractivity contribution in [1.82, 2.24) is 4.90 Å². The molecule has 3 aromatic rings. The molecule has 0 amide bonds. The zero-order valence-electron chi connectivity index (χ0n) is 13.4. The molecule has 0 saturated carbocycles. The third-order valence-electron chi connectivity index (χ3n) is 4.85. The summed E-state index contributed by atoms with van der Waals surface area (Å²) in [6.45, 7) is 5.34. The maximum absolute atomic E-state index is 12.0. The van der Waals surface area contributed by atoms with Crippen LogP contribution in [0.25, 0.3) is 21.7 Å². The zero-order valence-corrected chi connectivity index (χ0v) is 13.4. The Morgan fingerprint density at radius 3 is 2.96 bits per heavy atom. The van der Waals surface area contributed by atoms with Crippen LogP contribution in [0, 0.1) is 5.92 Å². The molecule has 0 bridgehead atoms. The van der Waals surface area contributed by atoms with Gasteiger partial charge in [0.25, 0.3) is 0 Å². The first-order chi connectivity index (χ1) is 11.2. The summed E-state index contributed by atoms with van der Waals surface area (Å²) in [6.07, 6.45) is 2.54. The summed E-state index contributed by atoms with van der Waals surface area (Å²) < 4.78 is 5.45. The second-order valence-electron chi connectivity index (χ2n) is 6.73. The van der Waals surface area contributed by atoms with Crippen LogP contribution in [0.5, 0.6) is 0 Å². The van der Waals surface area contributed by atoms with Gasteiger partial charge < -0.3 is 4.42 Å². The lowest BCUT2D eigenvalue weighted by Gasteiger charge is -2.31. The molecule has 1 fully saturated rings. The summed E-state index contributed by atoms with van der Waals surface area (Å²) in [5.74, 6) is 0.729. The first-order valence-electron chi connectivity index (χ1n) is 8.37. The Bertz CT molecular complexity index is 912. The number of likely N-dealkylation sites (tertiary alicyclic amines) is 1. The Morgan fingerprint density at radius 2 is 2.09 bits per heavy atom. The number of hydrogen-bond acceptors (Lipinski definition) is 3. The molecule has 1 aliphatic heterocycles. The van der Waals surface area contributed by atoms with Gasteiger partial charge in [0.15, 0.2) is 0 Å². The minimum Gasteiger partial charge on any atom is -0.423 e. The van der Waals surface area contributed by atoms with E-state index in [1.54, 1.807) is 6.07 Å². The summed E-state index contributed by atoms with van der Waals surface area (Å²) in [4.78, 5) is 14.4. The van der Waals surface area contributed by atoms with Crippen LogP contribution in [-0.4, -0.2) is 18.0 Å². The molecule has 2 aromatic carbocycles. The molecule has 1 aromatic heterocycles. The highest BCUT2D eigenvalue weighted by Gasteiger charge is 2.18. The maximum Gasteiger partial charge on any atom is 0.336 e. The molecule has 0 aliphatic carbocycles. The van der Waals surface area contributed by atoms with E-state index < -0.39 is 0 Å². The molecule has 2 heterocycles. The van der Waals surface area contributed by atoms with Crippen molar-refractivity contribution in [1.29, 1.82) is 0 Å². The highest BCUT2D eigenvalue weighted by atomic mass is 16.4. The Balaban J connectivity index is 1.87. The molecule has 1 aliphatic rings. The van der Waals surface area contributed by atoms with Crippen LogP contribution >= 0.6 is 0 Å². The molecule has 4 rings (SSSR count). The minimum atomic E-state index is -0.257. The van der Waals surface area contributed by atoms with E-state index in [9.17, 15) is 4.79 Å². The highest BCUT2D eigenvalue weighted by Crippen LogP contribution is 2.29. The van der Waals surface area contributed by atoms with Crippen LogP contribution in [-0.2, 0) is 6.54 Å². The third-order valence-corrected chi connectivity index (χ3v) is 4.85. The zero-order chi connectivity index (χ0) is 15.8. The third kappa shape index (κ3) is 2.77. The van der Waals surface area contributed by atoms with E-state index in [-0.39, 0.29) is 5.63 Å². The second kappa shape index (κ2) is 5.82. The Kier molecular flexibility index (Phi) is 3.66. The SMILES string of the molecule is C[C@@H]1CCCN(Cc2cc(=O)oc3ccc4ccccc4c23)C1.